The molecule has 4 aromatic rings. The number of alkyl halides is 3. The van der Waals surface area contributed by atoms with E-state index in [2.05, 4.69) is 4.99 Å². The van der Waals surface area contributed by atoms with Gasteiger partial charge in [0.15, 0.2) is 0 Å². The van der Waals surface area contributed by atoms with Gasteiger partial charge in [-0.15, -0.1) is 0 Å². The molecular formula is C22H13ClF3NO. The van der Waals surface area contributed by atoms with Crippen molar-refractivity contribution in [2.75, 3.05) is 0 Å². The fraction of sp³-hybridized carbons (Fsp3) is 0.0455. The van der Waals surface area contributed by atoms with Gasteiger partial charge in [-0.05, 0) is 54.6 Å². The second-order valence-electron chi connectivity index (χ2n) is 6.16. The average molecular weight is 400 g/mol. The molecule has 140 valence electrons. The lowest BCUT2D eigenvalue weighted by molar-refractivity contribution is -0.137. The molecule has 0 aliphatic heterocycles. The Bertz CT molecular complexity index is 1210. The maximum absolute atomic E-state index is 13.0. The van der Waals surface area contributed by atoms with Gasteiger partial charge in [-0.2, -0.15) is 13.2 Å². The largest absolute Gasteiger partial charge is 0.456 e. The first kappa shape index (κ1) is 18.3. The van der Waals surface area contributed by atoms with E-state index >= 15 is 0 Å². The third-order valence-corrected chi connectivity index (χ3v) is 4.45. The predicted molar refractivity (Wildman–Crippen MR) is 103 cm³/mol. The smallest absolute Gasteiger partial charge is 0.416 e. The maximum Gasteiger partial charge on any atom is 0.416 e. The van der Waals surface area contributed by atoms with Crippen LogP contribution in [-0.4, -0.2) is 0 Å². The minimum absolute atomic E-state index is 0.216. The van der Waals surface area contributed by atoms with Gasteiger partial charge in [0.2, 0.25) is 0 Å². The highest BCUT2D eigenvalue weighted by Crippen LogP contribution is 2.31. The third kappa shape index (κ3) is 3.80. The van der Waals surface area contributed by atoms with Gasteiger partial charge in [0.1, 0.15) is 11.3 Å². The van der Waals surface area contributed by atoms with Crippen molar-refractivity contribution in [2.45, 2.75) is 6.18 Å². The van der Waals surface area contributed by atoms with Gasteiger partial charge in [-0.3, -0.25) is 0 Å². The highest BCUT2D eigenvalue weighted by Gasteiger charge is 2.30. The van der Waals surface area contributed by atoms with Gasteiger partial charge in [0, 0.05) is 22.0 Å². The number of rotatable bonds is 2. The van der Waals surface area contributed by atoms with Crippen LogP contribution in [0.2, 0.25) is 5.02 Å². The molecule has 0 aliphatic carbocycles. The fourth-order valence-corrected chi connectivity index (χ4v) is 2.98. The van der Waals surface area contributed by atoms with Crippen LogP contribution >= 0.6 is 11.6 Å². The zero-order valence-electron chi connectivity index (χ0n) is 14.4. The van der Waals surface area contributed by atoms with Crippen molar-refractivity contribution in [3.8, 4) is 11.3 Å². The van der Waals surface area contributed by atoms with E-state index in [0.29, 0.717) is 27.1 Å². The number of benzene rings is 3. The molecule has 0 radical (unpaired) electrons. The molecule has 0 saturated heterocycles. The summed E-state index contributed by atoms with van der Waals surface area (Å²) in [5.74, 6) is 0.543. The summed E-state index contributed by atoms with van der Waals surface area (Å²) in [7, 11) is 0. The zero-order valence-corrected chi connectivity index (χ0v) is 15.1. The summed E-state index contributed by atoms with van der Waals surface area (Å²) in [6.45, 7) is 0. The first-order valence-electron chi connectivity index (χ1n) is 8.41. The summed E-state index contributed by atoms with van der Waals surface area (Å²) < 4.78 is 45.0. The van der Waals surface area contributed by atoms with Crippen molar-refractivity contribution in [3.63, 3.8) is 0 Å². The molecule has 0 spiro atoms. The molecule has 0 amide bonds. The second kappa shape index (κ2) is 7.17. The molecule has 0 atom stereocenters. The Morgan fingerprint density at radius 3 is 2.32 bits per heavy atom. The highest BCUT2D eigenvalue weighted by atomic mass is 35.5. The number of halogens is 4. The van der Waals surface area contributed by atoms with Gasteiger partial charge in [0.05, 0.1) is 16.6 Å². The van der Waals surface area contributed by atoms with E-state index in [1.165, 1.54) is 12.1 Å². The number of para-hydroxylation sites is 1. The molecule has 3 aromatic carbocycles. The minimum Gasteiger partial charge on any atom is -0.456 e. The van der Waals surface area contributed by atoms with Crippen molar-refractivity contribution < 1.29 is 17.6 Å². The number of hydrogen-bond acceptors (Lipinski definition) is 2. The van der Waals surface area contributed by atoms with Crippen LogP contribution in [0.25, 0.3) is 22.3 Å². The van der Waals surface area contributed by atoms with Crippen LogP contribution in [0, 0.1) is 0 Å². The van der Waals surface area contributed by atoms with Crippen LogP contribution in [0.3, 0.4) is 0 Å². The summed E-state index contributed by atoms with van der Waals surface area (Å²) in [4.78, 5) is 4.46. The Balaban J connectivity index is 1.93. The van der Waals surface area contributed by atoms with Crippen LogP contribution in [-0.2, 0) is 6.18 Å². The SMILES string of the molecule is FC(F)(F)c1cccc(N=c2cc(-c3ccc(Cl)cc3)oc3ccccc23)c1. The monoisotopic (exact) mass is 399 g/mol. The van der Waals surface area contributed by atoms with Crippen molar-refractivity contribution in [1.29, 1.82) is 0 Å². The van der Waals surface area contributed by atoms with Gasteiger partial charge in [-0.1, -0.05) is 29.8 Å². The molecule has 0 unspecified atom stereocenters. The molecule has 1 heterocycles. The maximum atomic E-state index is 13.0. The normalized spacial score (nSPS) is 12.5. The zero-order chi connectivity index (χ0) is 19.7. The molecule has 4 rings (SSSR count). The van der Waals surface area contributed by atoms with Crippen molar-refractivity contribution >= 4 is 28.3 Å². The summed E-state index contributed by atoms with van der Waals surface area (Å²) in [6, 6.07) is 21.0. The molecule has 0 aliphatic rings. The summed E-state index contributed by atoms with van der Waals surface area (Å²) in [5.41, 5.74) is 0.848. The molecule has 2 nitrogen and oxygen atoms in total. The highest BCUT2D eigenvalue weighted by molar-refractivity contribution is 6.30. The van der Waals surface area contributed by atoms with E-state index in [0.717, 1.165) is 17.7 Å². The van der Waals surface area contributed by atoms with E-state index in [-0.39, 0.29) is 5.69 Å². The fourth-order valence-electron chi connectivity index (χ4n) is 2.86. The summed E-state index contributed by atoms with van der Waals surface area (Å²) in [5, 5.41) is 1.82. The first-order valence-corrected chi connectivity index (χ1v) is 8.79. The van der Waals surface area contributed by atoms with Gasteiger partial charge in [0.25, 0.3) is 0 Å². The third-order valence-electron chi connectivity index (χ3n) is 4.20. The Morgan fingerprint density at radius 1 is 0.821 bits per heavy atom. The van der Waals surface area contributed by atoms with Crippen LogP contribution in [0.4, 0.5) is 18.9 Å². The standard InChI is InChI=1S/C22H13ClF3NO/c23-16-10-8-14(9-11-16)21-13-19(18-6-1-2-7-20(18)28-21)27-17-5-3-4-15(12-17)22(24,25)26/h1-13H. The molecular weight excluding hydrogens is 387 g/mol. The van der Waals surface area contributed by atoms with E-state index in [9.17, 15) is 13.2 Å². The lowest BCUT2D eigenvalue weighted by Crippen LogP contribution is -2.05. The Kier molecular flexibility index (Phi) is 4.69. The molecule has 1 aromatic heterocycles. The molecule has 0 fully saturated rings. The quantitative estimate of drug-likeness (QED) is 0.356. The van der Waals surface area contributed by atoms with Crippen molar-refractivity contribution in [1.82, 2.24) is 0 Å². The summed E-state index contributed by atoms with van der Waals surface area (Å²) in [6.07, 6.45) is -4.42. The van der Waals surface area contributed by atoms with Gasteiger partial charge in [-0.25, -0.2) is 4.99 Å². The van der Waals surface area contributed by atoms with Crippen LogP contribution < -0.4 is 5.36 Å². The minimum atomic E-state index is -4.42. The van der Waals surface area contributed by atoms with Gasteiger partial charge < -0.3 is 4.42 Å². The second-order valence-corrected chi connectivity index (χ2v) is 6.60. The van der Waals surface area contributed by atoms with Crippen LogP contribution in [0.15, 0.2) is 88.3 Å². The number of fused-ring (bicyclic) bond motifs is 1. The Labute approximate surface area is 163 Å². The molecule has 6 heteroatoms. The van der Waals surface area contributed by atoms with Gasteiger partial charge >= 0.3 is 6.18 Å². The first-order chi connectivity index (χ1) is 13.4. The molecule has 0 N–H and O–H groups in total. The van der Waals surface area contributed by atoms with Crippen LogP contribution in [0.1, 0.15) is 5.56 Å². The lowest BCUT2D eigenvalue weighted by Gasteiger charge is -2.07. The summed E-state index contributed by atoms with van der Waals surface area (Å²) >= 11 is 5.94. The van der Waals surface area contributed by atoms with E-state index in [1.54, 1.807) is 24.3 Å². The van der Waals surface area contributed by atoms with E-state index < -0.39 is 11.7 Å². The topological polar surface area (TPSA) is 25.5 Å². The van der Waals surface area contributed by atoms with Crippen molar-refractivity contribution in [3.05, 3.63) is 94.8 Å². The van der Waals surface area contributed by atoms with Crippen LogP contribution in [0.5, 0.6) is 0 Å². The molecule has 0 saturated carbocycles. The predicted octanol–water partition coefficient (Wildman–Crippen LogP) is 7.00. The molecule has 28 heavy (non-hydrogen) atoms. The van der Waals surface area contributed by atoms with Crippen molar-refractivity contribution in [2.24, 2.45) is 4.99 Å². The van der Waals surface area contributed by atoms with E-state index in [1.807, 2.05) is 30.3 Å². The molecule has 0 bridgehead atoms. The van der Waals surface area contributed by atoms with E-state index in [4.69, 9.17) is 16.0 Å². The Morgan fingerprint density at radius 2 is 1.57 bits per heavy atom. The number of nitrogens with zero attached hydrogens (tertiary/aromatic N) is 1. The Hall–Kier alpha value is -3.05. The number of hydrogen-bond donors (Lipinski definition) is 0. The lowest BCUT2D eigenvalue weighted by atomic mass is 10.1. The average Bonchev–Trinajstić information content (AvgIpc) is 2.68.